The van der Waals surface area contributed by atoms with Crippen LogP contribution in [0.3, 0.4) is 0 Å². The Bertz CT molecular complexity index is 787. The van der Waals surface area contributed by atoms with Crippen molar-refractivity contribution >= 4 is 17.2 Å². The molecule has 0 unspecified atom stereocenters. The van der Waals surface area contributed by atoms with Crippen molar-refractivity contribution in [3.63, 3.8) is 0 Å². The number of nitrogens with zero attached hydrogens (tertiary/aromatic N) is 2. The van der Waals surface area contributed by atoms with Crippen LogP contribution in [-0.2, 0) is 11.2 Å². The summed E-state index contributed by atoms with van der Waals surface area (Å²) in [5, 5.41) is 5.95. The van der Waals surface area contributed by atoms with Gasteiger partial charge in [0.15, 0.2) is 0 Å². The number of pyridine rings is 1. The molecule has 0 aliphatic rings. The van der Waals surface area contributed by atoms with Gasteiger partial charge in [-0.2, -0.15) is 0 Å². The quantitative estimate of drug-likeness (QED) is 0.739. The highest BCUT2D eigenvalue weighted by molar-refractivity contribution is 7.10. The van der Waals surface area contributed by atoms with E-state index in [1.54, 1.807) is 23.7 Å². The zero-order valence-corrected chi connectivity index (χ0v) is 14.3. The summed E-state index contributed by atoms with van der Waals surface area (Å²) in [6.07, 6.45) is 4.74. The molecule has 1 N–H and O–H groups in total. The molecule has 3 aromatic rings. The number of aryl methyl sites for hydroxylation is 1. The molecule has 0 aliphatic heterocycles. The Hall–Kier alpha value is -2.53. The molecule has 0 bridgehead atoms. The SMILES string of the molecule is C[C@H](NC(=O)CCc1ccccc1)c1nc(-c2ccncc2)cs1. The zero-order chi connectivity index (χ0) is 16.8. The van der Waals surface area contributed by atoms with E-state index < -0.39 is 0 Å². The van der Waals surface area contributed by atoms with E-state index in [-0.39, 0.29) is 11.9 Å². The van der Waals surface area contributed by atoms with Crippen molar-refractivity contribution in [1.82, 2.24) is 15.3 Å². The van der Waals surface area contributed by atoms with Gasteiger partial charge in [0, 0.05) is 29.8 Å². The summed E-state index contributed by atoms with van der Waals surface area (Å²) >= 11 is 1.56. The van der Waals surface area contributed by atoms with Crippen LogP contribution in [0.25, 0.3) is 11.3 Å². The summed E-state index contributed by atoms with van der Waals surface area (Å²) in [5.74, 6) is 0.0482. The van der Waals surface area contributed by atoms with E-state index in [1.807, 2.05) is 54.8 Å². The molecule has 1 aromatic carbocycles. The third-order valence-corrected chi connectivity index (χ3v) is 4.76. The van der Waals surface area contributed by atoms with Crippen LogP contribution < -0.4 is 5.32 Å². The van der Waals surface area contributed by atoms with Crippen LogP contribution in [0.4, 0.5) is 0 Å². The van der Waals surface area contributed by atoms with Crippen LogP contribution in [0, 0.1) is 0 Å². The fourth-order valence-electron chi connectivity index (χ4n) is 2.42. The average Bonchev–Trinajstić information content (AvgIpc) is 3.12. The van der Waals surface area contributed by atoms with Crippen LogP contribution in [0.2, 0.25) is 0 Å². The summed E-state index contributed by atoms with van der Waals surface area (Å²) in [6.45, 7) is 1.97. The van der Waals surface area contributed by atoms with E-state index in [0.717, 1.165) is 22.7 Å². The minimum Gasteiger partial charge on any atom is -0.347 e. The number of hydrogen-bond acceptors (Lipinski definition) is 4. The first kappa shape index (κ1) is 16.3. The van der Waals surface area contributed by atoms with Crippen molar-refractivity contribution in [3.8, 4) is 11.3 Å². The number of hydrogen-bond donors (Lipinski definition) is 1. The molecule has 0 aliphatic carbocycles. The first-order chi connectivity index (χ1) is 11.7. The van der Waals surface area contributed by atoms with Gasteiger partial charge in [-0.3, -0.25) is 9.78 Å². The standard InChI is InChI=1S/C19H19N3OS/c1-14(21-18(23)8-7-15-5-3-2-4-6-15)19-22-17(13-24-19)16-9-11-20-12-10-16/h2-6,9-14H,7-8H2,1H3,(H,21,23)/t14-/m0/s1. The number of thiazole rings is 1. The molecule has 5 heteroatoms. The predicted octanol–water partition coefficient (Wildman–Crippen LogP) is 4.02. The smallest absolute Gasteiger partial charge is 0.220 e. The van der Waals surface area contributed by atoms with Crippen molar-refractivity contribution in [2.75, 3.05) is 0 Å². The van der Waals surface area contributed by atoms with E-state index in [9.17, 15) is 4.79 Å². The number of amides is 1. The Labute approximate surface area is 145 Å². The van der Waals surface area contributed by atoms with Crippen LogP contribution >= 0.6 is 11.3 Å². The van der Waals surface area contributed by atoms with Crippen molar-refractivity contribution in [1.29, 1.82) is 0 Å². The fraction of sp³-hybridized carbons (Fsp3) is 0.211. The van der Waals surface area contributed by atoms with Gasteiger partial charge in [0.25, 0.3) is 0 Å². The number of nitrogens with one attached hydrogen (secondary N) is 1. The number of benzene rings is 1. The van der Waals surface area contributed by atoms with E-state index >= 15 is 0 Å². The van der Waals surface area contributed by atoms with Crippen molar-refractivity contribution in [3.05, 3.63) is 70.8 Å². The van der Waals surface area contributed by atoms with Crippen LogP contribution in [0.15, 0.2) is 60.2 Å². The van der Waals surface area contributed by atoms with Crippen molar-refractivity contribution < 1.29 is 4.79 Å². The third kappa shape index (κ3) is 4.26. The average molecular weight is 337 g/mol. The molecule has 3 rings (SSSR count). The van der Waals surface area contributed by atoms with Gasteiger partial charge in [0.05, 0.1) is 11.7 Å². The summed E-state index contributed by atoms with van der Waals surface area (Å²) in [5.41, 5.74) is 3.13. The van der Waals surface area contributed by atoms with Gasteiger partial charge in [-0.05, 0) is 31.0 Å². The maximum atomic E-state index is 12.1. The lowest BCUT2D eigenvalue weighted by molar-refractivity contribution is -0.121. The maximum Gasteiger partial charge on any atom is 0.220 e. The van der Waals surface area contributed by atoms with E-state index in [0.29, 0.717) is 6.42 Å². The molecule has 0 saturated carbocycles. The first-order valence-electron chi connectivity index (χ1n) is 7.91. The molecule has 1 amide bonds. The lowest BCUT2D eigenvalue weighted by Gasteiger charge is -2.11. The molecule has 4 nitrogen and oxygen atoms in total. The molecule has 0 saturated heterocycles. The Balaban J connectivity index is 1.56. The topological polar surface area (TPSA) is 54.9 Å². The normalized spacial score (nSPS) is 11.9. The Kier molecular flexibility index (Phi) is 5.33. The number of aromatic nitrogens is 2. The summed E-state index contributed by atoms with van der Waals surface area (Å²) in [4.78, 5) is 20.8. The molecule has 0 radical (unpaired) electrons. The number of rotatable bonds is 6. The molecule has 2 aromatic heterocycles. The second-order valence-electron chi connectivity index (χ2n) is 5.58. The Morgan fingerprint density at radius 1 is 1.17 bits per heavy atom. The van der Waals surface area contributed by atoms with Gasteiger partial charge in [0.2, 0.25) is 5.91 Å². The van der Waals surface area contributed by atoms with Crippen LogP contribution in [0.5, 0.6) is 0 Å². The highest BCUT2D eigenvalue weighted by Gasteiger charge is 2.14. The van der Waals surface area contributed by atoms with Gasteiger partial charge in [-0.1, -0.05) is 30.3 Å². The van der Waals surface area contributed by atoms with Crippen LogP contribution in [-0.4, -0.2) is 15.9 Å². The first-order valence-corrected chi connectivity index (χ1v) is 8.79. The second-order valence-corrected chi connectivity index (χ2v) is 6.47. The van der Waals surface area contributed by atoms with Gasteiger partial charge < -0.3 is 5.32 Å². The molecule has 0 spiro atoms. The van der Waals surface area contributed by atoms with Gasteiger partial charge in [-0.15, -0.1) is 11.3 Å². The summed E-state index contributed by atoms with van der Waals surface area (Å²) in [6, 6.07) is 13.8. The lowest BCUT2D eigenvalue weighted by Crippen LogP contribution is -2.26. The molecule has 2 heterocycles. The van der Waals surface area contributed by atoms with Gasteiger partial charge in [0.1, 0.15) is 5.01 Å². The number of carbonyl (C=O) groups is 1. The van der Waals surface area contributed by atoms with Crippen molar-refractivity contribution in [2.45, 2.75) is 25.8 Å². The van der Waals surface area contributed by atoms with E-state index in [1.165, 1.54) is 5.56 Å². The maximum absolute atomic E-state index is 12.1. The molecule has 1 atom stereocenters. The molecule has 122 valence electrons. The summed E-state index contributed by atoms with van der Waals surface area (Å²) < 4.78 is 0. The Morgan fingerprint density at radius 3 is 2.67 bits per heavy atom. The molecule has 0 fully saturated rings. The highest BCUT2D eigenvalue weighted by Crippen LogP contribution is 2.25. The minimum absolute atomic E-state index is 0.0482. The Morgan fingerprint density at radius 2 is 1.92 bits per heavy atom. The fourth-order valence-corrected chi connectivity index (χ4v) is 3.25. The summed E-state index contributed by atoms with van der Waals surface area (Å²) in [7, 11) is 0. The van der Waals surface area contributed by atoms with Crippen molar-refractivity contribution in [2.24, 2.45) is 0 Å². The second kappa shape index (κ2) is 7.84. The molecule has 24 heavy (non-hydrogen) atoms. The zero-order valence-electron chi connectivity index (χ0n) is 13.5. The van der Waals surface area contributed by atoms with E-state index in [4.69, 9.17) is 0 Å². The van der Waals surface area contributed by atoms with E-state index in [2.05, 4.69) is 15.3 Å². The van der Waals surface area contributed by atoms with Gasteiger partial charge >= 0.3 is 0 Å². The molecular weight excluding hydrogens is 318 g/mol. The molecular formula is C19H19N3OS. The highest BCUT2D eigenvalue weighted by atomic mass is 32.1. The largest absolute Gasteiger partial charge is 0.347 e. The minimum atomic E-state index is -0.0890. The van der Waals surface area contributed by atoms with Crippen LogP contribution in [0.1, 0.15) is 30.0 Å². The lowest BCUT2D eigenvalue weighted by atomic mass is 10.1. The monoisotopic (exact) mass is 337 g/mol. The van der Waals surface area contributed by atoms with Gasteiger partial charge in [-0.25, -0.2) is 4.98 Å². The predicted molar refractivity (Wildman–Crippen MR) is 96.7 cm³/mol. The third-order valence-electron chi connectivity index (χ3n) is 3.73. The number of carbonyl (C=O) groups excluding carboxylic acids is 1.